The number of phenolic OH excluding ortho intramolecular Hbond substituents is 1. The van der Waals surface area contributed by atoms with Gasteiger partial charge in [0.25, 0.3) is 0 Å². The molecule has 3 rings (SSSR count). The van der Waals surface area contributed by atoms with Crippen LogP contribution in [0.25, 0.3) is 0 Å². The second kappa shape index (κ2) is 4.02. The van der Waals surface area contributed by atoms with Gasteiger partial charge in [-0.15, -0.1) is 0 Å². The fourth-order valence-corrected chi connectivity index (χ4v) is 3.98. The van der Waals surface area contributed by atoms with E-state index in [4.69, 9.17) is 0 Å². The lowest BCUT2D eigenvalue weighted by Gasteiger charge is -2.41. The zero-order valence-electron chi connectivity index (χ0n) is 10.5. The molecule has 2 fully saturated rings. The van der Waals surface area contributed by atoms with Crippen LogP contribution >= 0.6 is 0 Å². The van der Waals surface area contributed by atoms with E-state index < -0.39 is 0 Å². The number of phenols is 1. The highest BCUT2D eigenvalue weighted by Crippen LogP contribution is 2.48. The number of hydrogen-bond donors (Lipinski definition) is 1. The summed E-state index contributed by atoms with van der Waals surface area (Å²) < 4.78 is 0. The number of benzene rings is 1. The number of hydrogen-bond acceptors (Lipinski definition) is 2. The topological polar surface area (TPSA) is 23.5 Å². The van der Waals surface area contributed by atoms with Crippen LogP contribution in [0.3, 0.4) is 0 Å². The quantitative estimate of drug-likeness (QED) is 0.803. The van der Waals surface area contributed by atoms with Crippen molar-refractivity contribution in [1.82, 2.24) is 4.90 Å². The highest BCUT2D eigenvalue weighted by Gasteiger charge is 2.48. The van der Waals surface area contributed by atoms with Crippen molar-refractivity contribution < 1.29 is 5.11 Å². The molecule has 1 aliphatic heterocycles. The first kappa shape index (κ1) is 11.1. The summed E-state index contributed by atoms with van der Waals surface area (Å²) in [6, 6.07) is 8.63. The number of likely N-dealkylation sites (tertiary alicyclic amines) is 1. The van der Waals surface area contributed by atoms with Crippen molar-refractivity contribution in [3.8, 4) is 5.75 Å². The highest BCUT2D eigenvalue weighted by atomic mass is 16.3. The smallest absolute Gasteiger partial charge is 0.115 e. The van der Waals surface area contributed by atoms with Crippen LogP contribution in [0.1, 0.15) is 37.7 Å². The molecule has 1 heterocycles. The van der Waals surface area contributed by atoms with Gasteiger partial charge in [0.05, 0.1) is 0 Å². The Morgan fingerprint density at radius 3 is 3.00 bits per heavy atom. The molecular formula is C15H21NO. The van der Waals surface area contributed by atoms with Gasteiger partial charge in [-0.05, 0) is 50.6 Å². The Morgan fingerprint density at radius 1 is 1.29 bits per heavy atom. The van der Waals surface area contributed by atoms with E-state index in [0.29, 0.717) is 17.2 Å². The molecule has 1 aromatic rings. The predicted molar refractivity (Wildman–Crippen MR) is 69.3 cm³/mol. The lowest BCUT2D eigenvalue weighted by atomic mass is 9.66. The third-order valence-corrected chi connectivity index (χ3v) is 4.85. The molecule has 0 spiro atoms. The lowest BCUT2D eigenvalue weighted by Crippen LogP contribution is -2.43. The molecule has 1 aliphatic carbocycles. The summed E-state index contributed by atoms with van der Waals surface area (Å²) in [4.78, 5) is 2.52. The molecule has 0 radical (unpaired) electrons. The van der Waals surface area contributed by atoms with Crippen LogP contribution in [0, 0.1) is 0 Å². The van der Waals surface area contributed by atoms with Crippen molar-refractivity contribution in [2.24, 2.45) is 0 Å². The van der Waals surface area contributed by atoms with Crippen molar-refractivity contribution in [3.63, 3.8) is 0 Å². The van der Waals surface area contributed by atoms with Gasteiger partial charge in [0.2, 0.25) is 0 Å². The first-order chi connectivity index (χ1) is 8.22. The van der Waals surface area contributed by atoms with Crippen LogP contribution in [0.4, 0.5) is 0 Å². The molecule has 17 heavy (non-hydrogen) atoms. The zero-order chi connectivity index (χ0) is 11.9. The van der Waals surface area contributed by atoms with Crippen LogP contribution < -0.4 is 0 Å². The minimum atomic E-state index is 0.311. The second-order valence-electron chi connectivity index (χ2n) is 5.70. The van der Waals surface area contributed by atoms with Gasteiger partial charge in [0.15, 0.2) is 0 Å². The average Bonchev–Trinajstić information content (AvgIpc) is 2.69. The van der Waals surface area contributed by atoms with Gasteiger partial charge in [-0.1, -0.05) is 25.0 Å². The fraction of sp³-hybridized carbons (Fsp3) is 0.600. The molecule has 1 aromatic carbocycles. The number of nitrogens with zero attached hydrogens (tertiary/aromatic N) is 1. The summed E-state index contributed by atoms with van der Waals surface area (Å²) in [5.41, 5.74) is 1.66. The summed E-state index contributed by atoms with van der Waals surface area (Å²) in [6.45, 7) is 1.19. The highest BCUT2D eigenvalue weighted by molar-refractivity contribution is 5.36. The SMILES string of the molecule is CN1CC[C@]2(c3cccc(O)c3)CCCC[C@H]12. The maximum atomic E-state index is 9.71. The molecule has 1 saturated heterocycles. The third-order valence-electron chi connectivity index (χ3n) is 4.85. The van der Waals surface area contributed by atoms with Gasteiger partial charge < -0.3 is 10.0 Å². The maximum absolute atomic E-state index is 9.71. The van der Waals surface area contributed by atoms with Crippen LogP contribution in [0.5, 0.6) is 5.75 Å². The van der Waals surface area contributed by atoms with E-state index in [9.17, 15) is 5.11 Å². The first-order valence-corrected chi connectivity index (χ1v) is 6.72. The van der Waals surface area contributed by atoms with Gasteiger partial charge >= 0.3 is 0 Å². The first-order valence-electron chi connectivity index (χ1n) is 6.72. The Hall–Kier alpha value is -1.02. The van der Waals surface area contributed by atoms with Crippen LogP contribution in [-0.2, 0) is 5.41 Å². The molecule has 0 amide bonds. The summed E-state index contributed by atoms with van der Waals surface area (Å²) in [6.07, 6.45) is 6.53. The van der Waals surface area contributed by atoms with Gasteiger partial charge in [0, 0.05) is 11.5 Å². The van der Waals surface area contributed by atoms with E-state index in [1.165, 1.54) is 44.2 Å². The Kier molecular flexibility index (Phi) is 2.62. The zero-order valence-corrected chi connectivity index (χ0v) is 10.5. The molecule has 2 heteroatoms. The molecule has 1 saturated carbocycles. The molecule has 2 aliphatic rings. The molecule has 0 unspecified atom stereocenters. The maximum Gasteiger partial charge on any atom is 0.115 e. The van der Waals surface area contributed by atoms with Gasteiger partial charge in [-0.25, -0.2) is 0 Å². The average molecular weight is 231 g/mol. The number of rotatable bonds is 1. The monoisotopic (exact) mass is 231 g/mol. The van der Waals surface area contributed by atoms with E-state index in [0.717, 1.165) is 0 Å². The molecule has 92 valence electrons. The number of aromatic hydroxyl groups is 1. The minimum absolute atomic E-state index is 0.311. The molecule has 2 nitrogen and oxygen atoms in total. The minimum Gasteiger partial charge on any atom is -0.508 e. The molecule has 0 bridgehead atoms. The van der Waals surface area contributed by atoms with Crippen LogP contribution in [0.2, 0.25) is 0 Å². The van der Waals surface area contributed by atoms with Crippen molar-refractivity contribution in [2.45, 2.75) is 43.6 Å². The molecule has 2 atom stereocenters. The predicted octanol–water partition coefficient (Wildman–Crippen LogP) is 2.91. The van der Waals surface area contributed by atoms with E-state index >= 15 is 0 Å². The normalized spacial score (nSPS) is 33.6. The summed E-state index contributed by atoms with van der Waals surface area (Å²) in [5.74, 6) is 0.413. The van der Waals surface area contributed by atoms with E-state index in [1.54, 1.807) is 6.07 Å². The Balaban J connectivity index is 2.03. The van der Waals surface area contributed by atoms with Gasteiger partial charge in [-0.3, -0.25) is 0 Å². The van der Waals surface area contributed by atoms with E-state index in [-0.39, 0.29) is 0 Å². The van der Waals surface area contributed by atoms with Crippen molar-refractivity contribution in [3.05, 3.63) is 29.8 Å². The molecular weight excluding hydrogens is 210 g/mol. The lowest BCUT2D eigenvalue weighted by molar-refractivity contribution is 0.181. The summed E-state index contributed by atoms with van der Waals surface area (Å²) >= 11 is 0. The Labute approximate surface area is 103 Å². The summed E-state index contributed by atoms with van der Waals surface area (Å²) in [5, 5.41) is 9.71. The number of fused-ring (bicyclic) bond motifs is 1. The summed E-state index contributed by atoms with van der Waals surface area (Å²) in [7, 11) is 2.25. The largest absolute Gasteiger partial charge is 0.508 e. The molecule has 0 aromatic heterocycles. The van der Waals surface area contributed by atoms with Gasteiger partial charge in [-0.2, -0.15) is 0 Å². The second-order valence-corrected chi connectivity index (χ2v) is 5.70. The van der Waals surface area contributed by atoms with Crippen molar-refractivity contribution in [2.75, 3.05) is 13.6 Å². The number of likely N-dealkylation sites (N-methyl/N-ethyl adjacent to an activating group) is 1. The van der Waals surface area contributed by atoms with Crippen molar-refractivity contribution >= 4 is 0 Å². The van der Waals surface area contributed by atoms with Gasteiger partial charge in [0.1, 0.15) is 5.75 Å². The van der Waals surface area contributed by atoms with Crippen LogP contribution in [-0.4, -0.2) is 29.6 Å². The van der Waals surface area contributed by atoms with E-state index in [2.05, 4.69) is 18.0 Å². The van der Waals surface area contributed by atoms with Crippen molar-refractivity contribution in [1.29, 1.82) is 0 Å². The Morgan fingerprint density at radius 2 is 2.18 bits per heavy atom. The Bertz CT molecular complexity index is 413. The van der Waals surface area contributed by atoms with Crippen LogP contribution in [0.15, 0.2) is 24.3 Å². The third kappa shape index (κ3) is 1.66. The molecule has 1 N–H and O–H groups in total. The fourth-order valence-electron chi connectivity index (χ4n) is 3.98. The van der Waals surface area contributed by atoms with E-state index in [1.807, 2.05) is 12.1 Å². The standard InChI is InChI=1S/C15H21NO/c1-16-10-9-15(8-3-2-7-14(15)16)12-5-4-6-13(17)11-12/h4-6,11,14,17H,2-3,7-10H2,1H3/t14-,15-/m0/s1.